The van der Waals surface area contributed by atoms with E-state index in [1.54, 1.807) is 7.11 Å². The molecule has 0 aliphatic carbocycles. The molecule has 4 rings (SSSR count). The Kier molecular flexibility index (Phi) is 6.53. The molecule has 1 aliphatic heterocycles. The topological polar surface area (TPSA) is 41.8 Å². The fraction of sp³-hybridized carbons (Fsp3) is 0.278. The van der Waals surface area contributed by atoms with E-state index in [4.69, 9.17) is 4.74 Å². The van der Waals surface area contributed by atoms with Gasteiger partial charge in [-0.2, -0.15) is 5.10 Å². The first kappa shape index (κ1) is 19.4. The highest BCUT2D eigenvalue weighted by molar-refractivity contribution is 5.85. The van der Waals surface area contributed by atoms with Crippen molar-refractivity contribution in [2.75, 3.05) is 38.2 Å². The maximum absolute atomic E-state index is 5.40. The summed E-state index contributed by atoms with van der Waals surface area (Å²) in [5.41, 5.74) is 4.67. The normalized spacial score (nSPS) is 13.9. The predicted molar refractivity (Wildman–Crippen MR) is 107 cm³/mol. The van der Waals surface area contributed by atoms with Crippen molar-refractivity contribution in [1.82, 2.24) is 14.9 Å². The van der Waals surface area contributed by atoms with Gasteiger partial charge in [-0.05, 0) is 29.8 Å². The zero-order chi connectivity index (χ0) is 15.6. The number of aromatic nitrogens is 2. The van der Waals surface area contributed by atoms with E-state index in [-0.39, 0.29) is 24.8 Å². The number of piperazine rings is 1. The highest BCUT2D eigenvalue weighted by Gasteiger charge is 2.12. The van der Waals surface area contributed by atoms with Gasteiger partial charge in [0, 0.05) is 37.4 Å². The van der Waals surface area contributed by atoms with Crippen LogP contribution in [0.3, 0.4) is 0 Å². The molecule has 5 nitrogen and oxygen atoms in total. The van der Waals surface area contributed by atoms with Gasteiger partial charge < -0.3 is 15.0 Å². The lowest BCUT2D eigenvalue weighted by molar-refractivity contribution is 0.412. The lowest BCUT2D eigenvalue weighted by Crippen LogP contribution is -2.43. The lowest BCUT2D eigenvalue weighted by Gasteiger charge is -2.29. The third-order valence-electron chi connectivity index (χ3n) is 4.38. The van der Waals surface area contributed by atoms with Crippen LogP contribution in [0.15, 0.2) is 48.8 Å². The van der Waals surface area contributed by atoms with Gasteiger partial charge in [-0.15, -0.1) is 24.8 Å². The Morgan fingerprint density at radius 1 is 1.04 bits per heavy atom. The number of ether oxygens (including phenoxy) is 1. The number of nitrogens with one attached hydrogen (secondary N) is 1. The number of hydrogen-bond donors (Lipinski definition) is 1. The molecule has 3 heterocycles. The average molecular weight is 381 g/mol. The Morgan fingerprint density at radius 2 is 1.76 bits per heavy atom. The molecular formula is C18H22Cl2N4O. The van der Waals surface area contributed by atoms with Crippen molar-refractivity contribution in [2.45, 2.75) is 0 Å². The molecule has 1 N–H and O–H groups in total. The molecule has 3 aromatic rings. The smallest absolute Gasteiger partial charge is 0.137 e. The average Bonchev–Trinajstić information content (AvgIpc) is 3.10. The van der Waals surface area contributed by atoms with Gasteiger partial charge in [-0.1, -0.05) is 12.1 Å². The highest BCUT2D eigenvalue weighted by atomic mass is 35.5. The Bertz CT molecular complexity index is 814. The first-order valence-electron chi connectivity index (χ1n) is 7.92. The minimum atomic E-state index is 0. The largest absolute Gasteiger partial charge is 0.495 e. The number of methoxy groups -OCH3 is 1. The van der Waals surface area contributed by atoms with Crippen LogP contribution in [0, 0.1) is 0 Å². The predicted octanol–water partition coefficient (Wildman–Crippen LogP) is 3.26. The second kappa shape index (κ2) is 8.43. The molecule has 0 spiro atoms. The summed E-state index contributed by atoms with van der Waals surface area (Å²) in [6, 6.07) is 12.9. The molecule has 0 atom stereocenters. The summed E-state index contributed by atoms with van der Waals surface area (Å²) >= 11 is 0. The van der Waals surface area contributed by atoms with E-state index in [9.17, 15) is 0 Å². The van der Waals surface area contributed by atoms with Crippen molar-refractivity contribution in [2.24, 2.45) is 0 Å². The van der Waals surface area contributed by atoms with Crippen LogP contribution in [0.25, 0.3) is 16.6 Å². The van der Waals surface area contributed by atoms with E-state index >= 15 is 0 Å². The quantitative estimate of drug-likeness (QED) is 0.756. The number of fused-ring (bicyclic) bond motifs is 1. The summed E-state index contributed by atoms with van der Waals surface area (Å²) in [7, 11) is 1.68. The second-order valence-electron chi connectivity index (χ2n) is 5.74. The lowest BCUT2D eigenvalue weighted by atomic mass is 10.0. The van der Waals surface area contributed by atoms with Gasteiger partial charge in [-0.25, -0.2) is 4.52 Å². The van der Waals surface area contributed by atoms with E-state index in [0.717, 1.165) is 43.0 Å². The van der Waals surface area contributed by atoms with Crippen LogP contribution < -0.4 is 15.0 Å². The first-order chi connectivity index (χ1) is 11.3. The Balaban J connectivity index is 0.00000113. The molecule has 0 saturated carbocycles. The Morgan fingerprint density at radius 3 is 2.44 bits per heavy atom. The summed E-state index contributed by atoms with van der Waals surface area (Å²) in [4.78, 5) is 2.42. The van der Waals surface area contributed by atoms with Crippen LogP contribution in [0.1, 0.15) is 0 Å². The van der Waals surface area contributed by atoms with Crippen molar-refractivity contribution in [3.8, 4) is 16.9 Å². The molecule has 1 saturated heterocycles. The molecular weight excluding hydrogens is 359 g/mol. The molecule has 1 aliphatic rings. The minimum absolute atomic E-state index is 0. The zero-order valence-corrected chi connectivity index (χ0v) is 15.6. The van der Waals surface area contributed by atoms with E-state index < -0.39 is 0 Å². The van der Waals surface area contributed by atoms with Crippen LogP contribution in [-0.4, -0.2) is 42.9 Å². The van der Waals surface area contributed by atoms with Crippen molar-refractivity contribution in [1.29, 1.82) is 0 Å². The fourth-order valence-electron chi connectivity index (χ4n) is 3.12. The van der Waals surface area contributed by atoms with Crippen molar-refractivity contribution in [3.63, 3.8) is 0 Å². The number of rotatable bonds is 3. The van der Waals surface area contributed by atoms with Gasteiger partial charge in [0.25, 0.3) is 0 Å². The summed E-state index contributed by atoms with van der Waals surface area (Å²) in [6.45, 7) is 4.22. The standard InChI is InChI=1S/C18H20N4O.2ClH/c1-23-16-12-17(18-6-7-20-22(18)13-16)14-2-4-15(5-3-14)21-10-8-19-9-11-21;;/h2-7,12-13,19H,8-11H2,1H3;2*1H. The van der Waals surface area contributed by atoms with Gasteiger partial charge in [-0.3, -0.25) is 0 Å². The SMILES string of the molecule is COc1cc(-c2ccc(N3CCNCC3)cc2)c2ccnn2c1.Cl.Cl. The van der Waals surface area contributed by atoms with E-state index in [0.29, 0.717) is 0 Å². The molecule has 0 unspecified atom stereocenters. The van der Waals surface area contributed by atoms with Crippen LogP contribution in [0.5, 0.6) is 5.75 Å². The molecule has 0 radical (unpaired) electrons. The van der Waals surface area contributed by atoms with E-state index in [1.807, 2.05) is 23.0 Å². The Labute approximate surface area is 159 Å². The molecule has 2 aromatic heterocycles. The highest BCUT2D eigenvalue weighted by Crippen LogP contribution is 2.30. The number of hydrogen-bond acceptors (Lipinski definition) is 4. The minimum Gasteiger partial charge on any atom is -0.495 e. The number of pyridine rings is 1. The summed E-state index contributed by atoms with van der Waals surface area (Å²) in [5.74, 6) is 0.808. The Hall–Kier alpha value is -1.95. The van der Waals surface area contributed by atoms with Gasteiger partial charge in [0.05, 0.1) is 25.0 Å². The monoisotopic (exact) mass is 380 g/mol. The van der Waals surface area contributed by atoms with Crippen LogP contribution in [0.4, 0.5) is 5.69 Å². The van der Waals surface area contributed by atoms with Crippen LogP contribution in [0.2, 0.25) is 0 Å². The van der Waals surface area contributed by atoms with E-state index in [1.165, 1.54) is 11.3 Å². The number of anilines is 1. The van der Waals surface area contributed by atoms with Gasteiger partial charge >= 0.3 is 0 Å². The van der Waals surface area contributed by atoms with Gasteiger partial charge in [0.1, 0.15) is 5.75 Å². The van der Waals surface area contributed by atoms with Gasteiger partial charge in [0.2, 0.25) is 0 Å². The zero-order valence-electron chi connectivity index (χ0n) is 14.0. The molecule has 25 heavy (non-hydrogen) atoms. The molecule has 1 aromatic carbocycles. The molecule has 7 heteroatoms. The van der Waals surface area contributed by atoms with E-state index in [2.05, 4.69) is 45.6 Å². The van der Waals surface area contributed by atoms with Crippen molar-refractivity contribution in [3.05, 3.63) is 48.8 Å². The second-order valence-corrected chi connectivity index (χ2v) is 5.74. The summed E-state index contributed by atoms with van der Waals surface area (Å²) in [6.07, 6.45) is 3.71. The van der Waals surface area contributed by atoms with Gasteiger partial charge in [0.15, 0.2) is 0 Å². The van der Waals surface area contributed by atoms with Crippen molar-refractivity contribution < 1.29 is 4.74 Å². The summed E-state index contributed by atoms with van der Waals surface area (Å²) in [5, 5.41) is 7.71. The third-order valence-corrected chi connectivity index (χ3v) is 4.38. The molecule has 1 fully saturated rings. The van der Waals surface area contributed by atoms with Crippen LogP contribution in [-0.2, 0) is 0 Å². The van der Waals surface area contributed by atoms with Crippen LogP contribution >= 0.6 is 24.8 Å². The molecule has 0 amide bonds. The maximum atomic E-state index is 5.40. The number of nitrogens with zero attached hydrogens (tertiary/aromatic N) is 3. The number of halogens is 2. The van der Waals surface area contributed by atoms with Crippen molar-refractivity contribution >= 4 is 36.0 Å². The third kappa shape index (κ3) is 3.84. The number of benzene rings is 1. The maximum Gasteiger partial charge on any atom is 0.137 e. The fourth-order valence-corrected chi connectivity index (χ4v) is 3.12. The molecule has 0 bridgehead atoms. The molecule has 134 valence electrons. The first-order valence-corrected chi connectivity index (χ1v) is 7.92. The summed E-state index contributed by atoms with van der Waals surface area (Å²) < 4.78 is 7.26.